The molecule has 0 aromatic heterocycles. The molecule has 5 heteroatoms. The summed E-state index contributed by atoms with van der Waals surface area (Å²) in [5.74, 6) is -0.762. The van der Waals surface area contributed by atoms with Gasteiger partial charge in [0, 0.05) is 25.0 Å². The smallest absolute Gasteiger partial charge is 0.320 e. The van der Waals surface area contributed by atoms with Gasteiger partial charge in [-0.05, 0) is 25.2 Å². The third-order valence-electron chi connectivity index (χ3n) is 4.33. The number of carboxylic acids is 1. The van der Waals surface area contributed by atoms with Crippen molar-refractivity contribution in [1.82, 2.24) is 5.32 Å². The van der Waals surface area contributed by atoms with E-state index < -0.39 is 12.0 Å². The van der Waals surface area contributed by atoms with E-state index in [1.165, 1.54) is 0 Å². The Bertz CT molecular complexity index is 380. The highest BCUT2D eigenvalue weighted by molar-refractivity contribution is 5.84. The van der Waals surface area contributed by atoms with Gasteiger partial charge in [0.2, 0.25) is 0 Å². The molecule has 4 atom stereocenters. The van der Waals surface area contributed by atoms with Crippen molar-refractivity contribution in [2.24, 2.45) is 11.8 Å². The number of aliphatic hydroxyl groups excluding tert-OH is 1. The van der Waals surface area contributed by atoms with E-state index >= 15 is 0 Å². The van der Waals surface area contributed by atoms with Crippen LogP contribution in [0.3, 0.4) is 0 Å². The Kier molecular flexibility index (Phi) is 7.61. The van der Waals surface area contributed by atoms with Gasteiger partial charge >= 0.3 is 5.97 Å². The van der Waals surface area contributed by atoms with Crippen molar-refractivity contribution in [2.75, 3.05) is 6.61 Å². The van der Waals surface area contributed by atoms with E-state index in [2.05, 4.69) is 5.32 Å². The first kappa shape index (κ1) is 17.9. The van der Waals surface area contributed by atoms with Crippen molar-refractivity contribution in [3.05, 3.63) is 12.2 Å². The second kappa shape index (κ2) is 8.95. The molecule has 0 unspecified atom stereocenters. The van der Waals surface area contributed by atoms with Crippen molar-refractivity contribution >= 4 is 11.8 Å². The SMILES string of the molecule is CC[C@H](C)[C@H](N[C@@H]1CCC(=O)[C@@H]1C/C=C\CCO)C(=O)O. The van der Waals surface area contributed by atoms with E-state index in [4.69, 9.17) is 5.11 Å². The lowest BCUT2D eigenvalue weighted by atomic mass is 9.94. The highest BCUT2D eigenvalue weighted by Gasteiger charge is 2.37. The molecule has 0 aliphatic heterocycles. The van der Waals surface area contributed by atoms with Gasteiger partial charge in [-0.3, -0.25) is 9.59 Å². The zero-order chi connectivity index (χ0) is 15.8. The number of aliphatic carboxylic acids is 1. The van der Waals surface area contributed by atoms with E-state index in [0.717, 1.165) is 6.42 Å². The number of carbonyl (C=O) groups excluding carboxylic acids is 1. The summed E-state index contributed by atoms with van der Waals surface area (Å²) in [4.78, 5) is 23.4. The molecule has 1 aliphatic carbocycles. The monoisotopic (exact) mass is 297 g/mol. The van der Waals surface area contributed by atoms with Crippen molar-refractivity contribution in [2.45, 2.75) is 58.0 Å². The number of rotatable bonds is 9. The van der Waals surface area contributed by atoms with Crippen LogP contribution in [0.25, 0.3) is 0 Å². The molecule has 1 fully saturated rings. The predicted molar refractivity (Wildman–Crippen MR) is 81.0 cm³/mol. The molecule has 3 N–H and O–H groups in total. The third kappa shape index (κ3) is 5.25. The van der Waals surface area contributed by atoms with Crippen molar-refractivity contribution in [3.63, 3.8) is 0 Å². The number of ketones is 1. The number of aliphatic hydroxyl groups is 1. The van der Waals surface area contributed by atoms with Gasteiger partial charge in [0.05, 0.1) is 0 Å². The minimum absolute atomic E-state index is 0.0313. The molecule has 0 bridgehead atoms. The highest BCUT2D eigenvalue weighted by Crippen LogP contribution is 2.27. The fourth-order valence-corrected chi connectivity index (χ4v) is 2.78. The molecule has 1 rings (SSSR count). The molecule has 5 nitrogen and oxygen atoms in total. The van der Waals surface area contributed by atoms with Crippen LogP contribution in [-0.4, -0.2) is 40.7 Å². The molecule has 1 saturated carbocycles. The van der Waals surface area contributed by atoms with E-state index in [9.17, 15) is 14.7 Å². The van der Waals surface area contributed by atoms with Gasteiger partial charge in [0.1, 0.15) is 11.8 Å². The van der Waals surface area contributed by atoms with Crippen LogP contribution in [0.2, 0.25) is 0 Å². The normalized spacial score (nSPS) is 25.4. The summed E-state index contributed by atoms with van der Waals surface area (Å²) in [5, 5.41) is 21.3. The largest absolute Gasteiger partial charge is 0.480 e. The molecule has 0 heterocycles. The fourth-order valence-electron chi connectivity index (χ4n) is 2.78. The standard InChI is InChI=1S/C16H27NO4/c1-3-11(2)15(16(20)21)17-13-8-9-14(19)12(13)7-5-4-6-10-18/h4-5,11-13,15,17-18H,3,6-10H2,1-2H3,(H,20,21)/b5-4-/t11-,12+,13+,15-/m0/s1. The number of hydrogen-bond acceptors (Lipinski definition) is 4. The summed E-state index contributed by atoms with van der Waals surface area (Å²) in [6, 6.07) is -0.666. The third-order valence-corrected chi connectivity index (χ3v) is 4.33. The van der Waals surface area contributed by atoms with E-state index in [1.54, 1.807) is 0 Å². The first-order valence-corrected chi connectivity index (χ1v) is 7.78. The number of allylic oxidation sites excluding steroid dienone is 1. The van der Waals surface area contributed by atoms with Crippen LogP contribution >= 0.6 is 0 Å². The molecule has 0 saturated heterocycles. The molecule has 0 amide bonds. The Hall–Kier alpha value is -1.20. The molecular weight excluding hydrogens is 270 g/mol. The van der Waals surface area contributed by atoms with Gasteiger partial charge in [-0.1, -0.05) is 32.4 Å². The minimum Gasteiger partial charge on any atom is -0.480 e. The molecule has 0 spiro atoms. The number of carbonyl (C=O) groups is 2. The van der Waals surface area contributed by atoms with Crippen LogP contribution in [-0.2, 0) is 9.59 Å². The molecule has 1 aliphatic rings. The lowest BCUT2D eigenvalue weighted by Gasteiger charge is -2.27. The molecule has 21 heavy (non-hydrogen) atoms. The van der Waals surface area contributed by atoms with Crippen LogP contribution in [0.15, 0.2) is 12.2 Å². The van der Waals surface area contributed by atoms with Crippen LogP contribution in [0.1, 0.15) is 46.0 Å². The summed E-state index contributed by atoms with van der Waals surface area (Å²) < 4.78 is 0. The summed E-state index contributed by atoms with van der Waals surface area (Å²) in [7, 11) is 0. The average Bonchev–Trinajstić information content (AvgIpc) is 2.80. The Labute approximate surface area is 126 Å². The number of hydrogen-bond donors (Lipinski definition) is 3. The summed E-state index contributed by atoms with van der Waals surface area (Å²) in [6.45, 7) is 3.99. The summed E-state index contributed by atoms with van der Waals surface area (Å²) in [6.07, 6.45) is 6.99. The van der Waals surface area contributed by atoms with E-state index in [0.29, 0.717) is 25.7 Å². The highest BCUT2D eigenvalue weighted by atomic mass is 16.4. The first-order chi connectivity index (χ1) is 10.0. The van der Waals surface area contributed by atoms with Gasteiger partial charge in [0.25, 0.3) is 0 Å². The van der Waals surface area contributed by atoms with Gasteiger partial charge in [-0.15, -0.1) is 0 Å². The first-order valence-electron chi connectivity index (χ1n) is 7.78. The second-order valence-corrected chi connectivity index (χ2v) is 5.81. The Morgan fingerprint density at radius 2 is 2.19 bits per heavy atom. The lowest BCUT2D eigenvalue weighted by molar-refractivity contribution is -0.141. The average molecular weight is 297 g/mol. The minimum atomic E-state index is -0.849. The Morgan fingerprint density at radius 3 is 2.76 bits per heavy atom. The number of carboxylic acid groups (broad SMARTS) is 1. The van der Waals surface area contributed by atoms with E-state index in [1.807, 2.05) is 26.0 Å². The summed E-state index contributed by atoms with van der Waals surface area (Å²) in [5.41, 5.74) is 0. The van der Waals surface area contributed by atoms with Crippen LogP contribution in [0.4, 0.5) is 0 Å². The van der Waals surface area contributed by atoms with Crippen molar-refractivity contribution in [3.8, 4) is 0 Å². The maximum absolute atomic E-state index is 12.0. The van der Waals surface area contributed by atoms with Gasteiger partial charge in [0.15, 0.2) is 0 Å². The number of nitrogens with one attached hydrogen (secondary N) is 1. The topological polar surface area (TPSA) is 86.6 Å². The molecule has 0 aromatic carbocycles. The van der Waals surface area contributed by atoms with E-state index in [-0.39, 0.29) is 30.3 Å². The van der Waals surface area contributed by atoms with Gasteiger partial charge in [-0.2, -0.15) is 0 Å². The van der Waals surface area contributed by atoms with Crippen molar-refractivity contribution < 1.29 is 19.8 Å². The molecule has 0 aromatic rings. The van der Waals surface area contributed by atoms with Gasteiger partial charge in [-0.25, -0.2) is 0 Å². The summed E-state index contributed by atoms with van der Waals surface area (Å²) >= 11 is 0. The predicted octanol–water partition coefficient (Wildman–Crippen LogP) is 1.75. The molecular formula is C16H27NO4. The zero-order valence-corrected chi connectivity index (χ0v) is 12.9. The van der Waals surface area contributed by atoms with Crippen LogP contribution < -0.4 is 5.32 Å². The van der Waals surface area contributed by atoms with Crippen LogP contribution in [0.5, 0.6) is 0 Å². The zero-order valence-electron chi connectivity index (χ0n) is 12.9. The number of Topliss-reactive ketones (excluding diaryl/α,β-unsaturated/α-hetero) is 1. The van der Waals surface area contributed by atoms with Crippen LogP contribution in [0, 0.1) is 11.8 Å². The van der Waals surface area contributed by atoms with Gasteiger partial charge < -0.3 is 15.5 Å². The quantitative estimate of drug-likeness (QED) is 0.564. The molecule has 0 radical (unpaired) electrons. The maximum Gasteiger partial charge on any atom is 0.320 e. The maximum atomic E-state index is 12.0. The Balaban J connectivity index is 2.66. The lowest BCUT2D eigenvalue weighted by Crippen LogP contribution is -2.48. The fraction of sp³-hybridized carbons (Fsp3) is 0.750. The molecule has 120 valence electrons. The van der Waals surface area contributed by atoms with Crippen molar-refractivity contribution in [1.29, 1.82) is 0 Å². The Morgan fingerprint density at radius 1 is 1.48 bits per heavy atom. The second-order valence-electron chi connectivity index (χ2n) is 5.81.